The van der Waals surface area contributed by atoms with E-state index in [-0.39, 0.29) is 5.69 Å². The minimum atomic E-state index is -1.07. The van der Waals surface area contributed by atoms with Gasteiger partial charge in [0, 0.05) is 19.8 Å². The number of hydrogen-bond acceptors (Lipinski definition) is 5. The van der Waals surface area contributed by atoms with Crippen molar-refractivity contribution >= 4 is 11.8 Å². The molecule has 0 saturated heterocycles. The highest BCUT2D eigenvalue weighted by molar-refractivity contribution is 5.84. The number of rotatable bonds is 8. The molecule has 0 aliphatic heterocycles. The van der Waals surface area contributed by atoms with Crippen LogP contribution in [0.4, 0.5) is 5.82 Å². The number of unbranched alkanes of at least 4 members (excludes halogenated alkanes) is 1. The number of ether oxygens (including phenoxy) is 1. The van der Waals surface area contributed by atoms with E-state index in [9.17, 15) is 4.79 Å². The maximum atomic E-state index is 10.5. The van der Waals surface area contributed by atoms with Crippen molar-refractivity contribution in [2.45, 2.75) is 19.8 Å². The normalized spacial score (nSPS) is 10.2. The van der Waals surface area contributed by atoms with Crippen molar-refractivity contribution < 1.29 is 14.6 Å². The van der Waals surface area contributed by atoms with Crippen LogP contribution in [0.2, 0.25) is 0 Å². The van der Waals surface area contributed by atoms with Crippen LogP contribution in [0, 0.1) is 0 Å². The van der Waals surface area contributed by atoms with E-state index < -0.39 is 5.97 Å². The van der Waals surface area contributed by atoms with Gasteiger partial charge in [0.25, 0.3) is 0 Å². The molecular formula is C11H17N3O3. The Hall–Kier alpha value is -1.69. The van der Waals surface area contributed by atoms with Gasteiger partial charge in [0.2, 0.25) is 0 Å². The fraction of sp³-hybridized carbons (Fsp3) is 0.545. The molecule has 1 aromatic heterocycles. The monoisotopic (exact) mass is 239 g/mol. The van der Waals surface area contributed by atoms with E-state index in [1.807, 2.05) is 6.92 Å². The third kappa shape index (κ3) is 5.26. The van der Waals surface area contributed by atoms with Gasteiger partial charge in [0.05, 0.1) is 12.4 Å². The number of aromatic carboxylic acids is 1. The zero-order chi connectivity index (χ0) is 12.5. The molecular weight excluding hydrogens is 222 g/mol. The summed E-state index contributed by atoms with van der Waals surface area (Å²) in [4.78, 5) is 18.2. The van der Waals surface area contributed by atoms with Crippen LogP contribution >= 0.6 is 0 Å². The van der Waals surface area contributed by atoms with Gasteiger partial charge in [-0.3, -0.25) is 0 Å². The number of hydrogen-bond donors (Lipinski definition) is 2. The van der Waals surface area contributed by atoms with Crippen LogP contribution < -0.4 is 5.32 Å². The number of aromatic nitrogens is 2. The Labute approximate surface area is 100 Å². The Morgan fingerprint density at radius 3 is 2.82 bits per heavy atom. The van der Waals surface area contributed by atoms with E-state index in [0.29, 0.717) is 5.82 Å². The molecule has 1 rings (SSSR count). The van der Waals surface area contributed by atoms with Crippen LogP contribution in [-0.4, -0.2) is 40.8 Å². The summed E-state index contributed by atoms with van der Waals surface area (Å²) >= 11 is 0. The Bertz CT molecular complexity index is 340. The summed E-state index contributed by atoms with van der Waals surface area (Å²) in [6.45, 7) is 4.25. The van der Waals surface area contributed by atoms with Gasteiger partial charge >= 0.3 is 5.97 Å². The number of carbonyl (C=O) groups is 1. The van der Waals surface area contributed by atoms with Crippen molar-refractivity contribution in [3.05, 3.63) is 18.1 Å². The lowest BCUT2D eigenvalue weighted by Crippen LogP contribution is -2.07. The molecule has 6 nitrogen and oxygen atoms in total. The van der Waals surface area contributed by atoms with Crippen molar-refractivity contribution in [1.82, 2.24) is 9.97 Å². The summed E-state index contributed by atoms with van der Waals surface area (Å²) < 4.78 is 5.21. The van der Waals surface area contributed by atoms with Crippen LogP contribution in [0.15, 0.2) is 12.4 Å². The average Bonchev–Trinajstić information content (AvgIpc) is 2.34. The molecule has 2 N–H and O–H groups in total. The minimum absolute atomic E-state index is 0.0492. The second kappa shape index (κ2) is 7.56. The first kappa shape index (κ1) is 13.4. The lowest BCUT2D eigenvalue weighted by molar-refractivity contribution is 0.0690. The van der Waals surface area contributed by atoms with Crippen molar-refractivity contribution in [3.63, 3.8) is 0 Å². The number of nitrogens with one attached hydrogen (secondary N) is 1. The van der Waals surface area contributed by atoms with Crippen molar-refractivity contribution in [2.24, 2.45) is 0 Å². The van der Waals surface area contributed by atoms with Crippen LogP contribution in [0.5, 0.6) is 0 Å². The predicted molar refractivity (Wildman–Crippen MR) is 63.2 cm³/mol. The lowest BCUT2D eigenvalue weighted by atomic mass is 10.3. The van der Waals surface area contributed by atoms with Gasteiger partial charge in [-0.05, 0) is 19.8 Å². The molecule has 0 radical (unpaired) electrons. The van der Waals surface area contributed by atoms with Crippen molar-refractivity contribution in [1.29, 1.82) is 0 Å². The van der Waals surface area contributed by atoms with Crippen LogP contribution in [0.3, 0.4) is 0 Å². The molecule has 94 valence electrons. The van der Waals surface area contributed by atoms with E-state index in [0.717, 1.165) is 32.6 Å². The van der Waals surface area contributed by atoms with Crippen LogP contribution in [-0.2, 0) is 4.74 Å². The molecule has 0 spiro atoms. The number of carboxylic acid groups (broad SMARTS) is 1. The fourth-order valence-electron chi connectivity index (χ4n) is 1.22. The summed E-state index contributed by atoms with van der Waals surface area (Å²) in [5.41, 5.74) is -0.0492. The largest absolute Gasteiger partial charge is 0.476 e. The maximum Gasteiger partial charge on any atom is 0.356 e. The topological polar surface area (TPSA) is 84.3 Å². The predicted octanol–water partition coefficient (Wildman–Crippen LogP) is 1.40. The maximum absolute atomic E-state index is 10.5. The first-order valence-corrected chi connectivity index (χ1v) is 5.61. The van der Waals surface area contributed by atoms with Gasteiger partial charge in [0.15, 0.2) is 5.69 Å². The van der Waals surface area contributed by atoms with E-state index in [4.69, 9.17) is 9.84 Å². The lowest BCUT2D eigenvalue weighted by Gasteiger charge is -2.05. The van der Waals surface area contributed by atoms with E-state index in [2.05, 4.69) is 15.3 Å². The third-order valence-corrected chi connectivity index (χ3v) is 2.10. The van der Waals surface area contributed by atoms with Gasteiger partial charge in [-0.25, -0.2) is 14.8 Å². The van der Waals surface area contributed by atoms with E-state index >= 15 is 0 Å². The highest BCUT2D eigenvalue weighted by Crippen LogP contribution is 2.01. The Morgan fingerprint density at radius 2 is 2.24 bits per heavy atom. The molecule has 6 heteroatoms. The zero-order valence-corrected chi connectivity index (χ0v) is 9.85. The molecule has 0 aromatic carbocycles. The smallest absolute Gasteiger partial charge is 0.356 e. The van der Waals surface area contributed by atoms with Crippen LogP contribution in [0.25, 0.3) is 0 Å². The van der Waals surface area contributed by atoms with Gasteiger partial charge < -0.3 is 15.2 Å². The van der Waals surface area contributed by atoms with E-state index in [1.54, 1.807) is 0 Å². The molecule has 0 unspecified atom stereocenters. The first-order chi connectivity index (χ1) is 8.24. The summed E-state index contributed by atoms with van der Waals surface area (Å²) in [7, 11) is 0. The fourth-order valence-corrected chi connectivity index (χ4v) is 1.22. The highest BCUT2D eigenvalue weighted by atomic mass is 16.5. The van der Waals surface area contributed by atoms with Gasteiger partial charge in [0.1, 0.15) is 5.82 Å². The molecule has 0 aliphatic rings. The molecule has 0 aliphatic carbocycles. The second-order valence-electron chi connectivity index (χ2n) is 3.42. The standard InChI is InChI=1S/C11H17N3O3/c1-2-17-6-4-3-5-12-10-8-13-9(7-14-10)11(15)16/h7-8H,2-6H2,1H3,(H,12,14)(H,15,16). The van der Waals surface area contributed by atoms with Crippen molar-refractivity contribution in [3.8, 4) is 0 Å². The Balaban J connectivity index is 2.21. The number of carboxylic acids is 1. The molecule has 17 heavy (non-hydrogen) atoms. The summed E-state index contributed by atoms with van der Waals surface area (Å²) in [6.07, 6.45) is 4.63. The Morgan fingerprint density at radius 1 is 1.41 bits per heavy atom. The SMILES string of the molecule is CCOCCCCNc1cnc(C(=O)O)cn1. The average molecular weight is 239 g/mol. The molecule has 0 atom stereocenters. The highest BCUT2D eigenvalue weighted by Gasteiger charge is 2.03. The Kier molecular flexibility index (Phi) is 5.95. The molecule has 1 heterocycles. The molecule has 0 bridgehead atoms. The minimum Gasteiger partial charge on any atom is -0.476 e. The van der Waals surface area contributed by atoms with Crippen LogP contribution in [0.1, 0.15) is 30.3 Å². The van der Waals surface area contributed by atoms with Gasteiger partial charge in [-0.15, -0.1) is 0 Å². The van der Waals surface area contributed by atoms with Gasteiger partial charge in [-0.2, -0.15) is 0 Å². The summed E-state index contributed by atoms with van der Waals surface area (Å²) in [6, 6.07) is 0. The molecule has 0 amide bonds. The first-order valence-electron chi connectivity index (χ1n) is 5.61. The number of anilines is 1. The van der Waals surface area contributed by atoms with Gasteiger partial charge in [-0.1, -0.05) is 0 Å². The summed E-state index contributed by atoms with van der Waals surface area (Å²) in [5, 5.41) is 11.7. The number of nitrogens with zero attached hydrogens (tertiary/aromatic N) is 2. The second-order valence-corrected chi connectivity index (χ2v) is 3.42. The summed E-state index contributed by atoms with van der Waals surface area (Å²) in [5.74, 6) is -0.479. The molecule has 1 aromatic rings. The zero-order valence-electron chi connectivity index (χ0n) is 9.85. The van der Waals surface area contributed by atoms with Crippen molar-refractivity contribution in [2.75, 3.05) is 25.1 Å². The third-order valence-electron chi connectivity index (χ3n) is 2.10. The molecule has 0 saturated carbocycles. The van der Waals surface area contributed by atoms with E-state index in [1.165, 1.54) is 12.4 Å². The molecule has 0 fully saturated rings. The quantitative estimate of drug-likeness (QED) is 0.667.